The van der Waals surface area contributed by atoms with Crippen molar-refractivity contribution in [3.63, 3.8) is 0 Å². The molecule has 4 aliphatic rings. The number of ketones is 1. The second kappa shape index (κ2) is 13.0. The summed E-state index contributed by atoms with van der Waals surface area (Å²) in [6.45, 7) is 7.54. The smallest absolute Gasteiger partial charge is 0.434 e. The van der Waals surface area contributed by atoms with E-state index in [-0.39, 0.29) is 11.5 Å². The Balaban J connectivity index is 1.18. The summed E-state index contributed by atoms with van der Waals surface area (Å²) < 4.78 is 11.5. The standard InChI is InChI=1S/C32H52O4/c1-4-5-6-7-8-9-10-11-12-13-20-35-31(34)36-29-19-18-28-27-16-14-24-21-25(33)15-17-26(24)30(27)23(2)22-32(28,29)3/h21,23,26-30H,4-20,22H2,1-3H3/t23-,26-,27?,28?,29-,30?,32-/m0/s1. The number of ether oxygens (including phenoxy) is 2. The first kappa shape index (κ1) is 27.7. The highest BCUT2D eigenvalue weighted by molar-refractivity contribution is 5.91. The van der Waals surface area contributed by atoms with Gasteiger partial charge in [-0.3, -0.25) is 4.79 Å². The van der Waals surface area contributed by atoms with Crippen molar-refractivity contribution < 1.29 is 19.1 Å². The topological polar surface area (TPSA) is 52.6 Å². The molecule has 0 aromatic heterocycles. The highest BCUT2D eigenvalue weighted by Crippen LogP contribution is 2.64. The summed E-state index contributed by atoms with van der Waals surface area (Å²) >= 11 is 0. The third kappa shape index (κ3) is 6.38. The highest BCUT2D eigenvalue weighted by Gasteiger charge is 2.59. The van der Waals surface area contributed by atoms with E-state index in [0.29, 0.717) is 42.0 Å². The maximum absolute atomic E-state index is 12.6. The summed E-state index contributed by atoms with van der Waals surface area (Å²) in [6, 6.07) is 0. The summed E-state index contributed by atoms with van der Waals surface area (Å²) in [5.74, 6) is 3.55. The van der Waals surface area contributed by atoms with Gasteiger partial charge in [-0.25, -0.2) is 4.79 Å². The summed E-state index contributed by atoms with van der Waals surface area (Å²) in [4.78, 5) is 24.6. The summed E-state index contributed by atoms with van der Waals surface area (Å²) in [6.07, 6.45) is 21.6. The van der Waals surface area contributed by atoms with E-state index >= 15 is 0 Å². The Morgan fingerprint density at radius 1 is 0.944 bits per heavy atom. The molecule has 0 amide bonds. The molecule has 0 saturated heterocycles. The number of carbonyl (C=O) groups is 2. The Labute approximate surface area is 220 Å². The number of unbranched alkanes of at least 4 members (excludes halogenated alkanes) is 9. The molecule has 36 heavy (non-hydrogen) atoms. The molecule has 3 unspecified atom stereocenters. The van der Waals surface area contributed by atoms with Crippen LogP contribution < -0.4 is 0 Å². The van der Waals surface area contributed by atoms with Crippen molar-refractivity contribution in [2.45, 2.75) is 136 Å². The number of hydrogen-bond donors (Lipinski definition) is 0. The molecule has 3 saturated carbocycles. The van der Waals surface area contributed by atoms with Crippen LogP contribution in [-0.4, -0.2) is 24.6 Å². The van der Waals surface area contributed by atoms with Crippen molar-refractivity contribution in [3.05, 3.63) is 11.6 Å². The Bertz CT molecular complexity index is 772. The Morgan fingerprint density at radius 2 is 1.64 bits per heavy atom. The monoisotopic (exact) mass is 500 g/mol. The molecule has 0 radical (unpaired) electrons. The van der Waals surface area contributed by atoms with E-state index in [1.54, 1.807) is 0 Å². The van der Waals surface area contributed by atoms with E-state index in [9.17, 15) is 9.59 Å². The molecule has 0 N–H and O–H groups in total. The van der Waals surface area contributed by atoms with Crippen LogP contribution in [0.25, 0.3) is 0 Å². The second-order valence-corrected chi connectivity index (χ2v) is 12.9. The van der Waals surface area contributed by atoms with E-state index in [4.69, 9.17) is 9.47 Å². The SMILES string of the molecule is CCCCCCCCCCCCOC(=O)O[C@H]1CCC2C3CCC4=CC(=O)CC[C@@H]4C3[C@@H](C)C[C@@]21C. The summed E-state index contributed by atoms with van der Waals surface area (Å²) in [7, 11) is 0. The Hall–Kier alpha value is -1.32. The van der Waals surface area contributed by atoms with E-state index in [0.717, 1.165) is 51.4 Å². The molecular formula is C32H52O4. The lowest BCUT2D eigenvalue weighted by atomic mass is 9.49. The second-order valence-electron chi connectivity index (χ2n) is 12.9. The molecule has 4 rings (SSSR count). The van der Waals surface area contributed by atoms with Gasteiger partial charge < -0.3 is 9.47 Å². The number of carbonyl (C=O) groups excluding carboxylic acids is 2. The molecule has 0 spiro atoms. The van der Waals surface area contributed by atoms with Crippen LogP contribution in [0, 0.1) is 35.0 Å². The average molecular weight is 501 g/mol. The zero-order chi connectivity index (χ0) is 25.5. The van der Waals surface area contributed by atoms with Crippen LogP contribution in [0.5, 0.6) is 0 Å². The molecule has 0 heterocycles. The predicted molar refractivity (Wildman–Crippen MR) is 145 cm³/mol. The molecular weight excluding hydrogens is 448 g/mol. The Kier molecular flexibility index (Phi) is 9.98. The molecule has 0 aromatic carbocycles. The van der Waals surface area contributed by atoms with Gasteiger partial charge >= 0.3 is 6.16 Å². The third-order valence-electron chi connectivity index (χ3n) is 10.5. The van der Waals surface area contributed by atoms with Crippen LogP contribution in [0.3, 0.4) is 0 Å². The van der Waals surface area contributed by atoms with Gasteiger partial charge in [0.05, 0.1) is 6.61 Å². The molecule has 7 atom stereocenters. The number of allylic oxidation sites excluding steroid dienone is 1. The van der Waals surface area contributed by atoms with Gasteiger partial charge in [0, 0.05) is 11.8 Å². The molecule has 0 bridgehead atoms. The lowest BCUT2D eigenvalue weighted by Gasteiger charge is -2.56. The van der Waals surface area contributed by atoms with Gasteiger partial charge in [0.25, 0.3) is 0 Å². The van der Waals surface area contributed by atoms with Gasteiger partial charge in [-0.05, 0) is 80.6 Å². The maximum Gasteiger partial charge on any atom is 0.508 e. The highest BCUT2D eigenvalue weighted by atomic mass is 16.7. The largest absolute Gasteiger partial charge is 0.508 e. The normalized spacial score (nSPS) is 35.4. The number of fused-ring (bicyclic) bond motifs is 5. The van der Waals surface area contributed by atoms with Crippen molar-refractivity contribution in [1.29, 1.82) is 0 Å². The predicted octanol–water partition coefficient (Wildman–Crippen LogP) is 8.82. The van der Waals surface area contributed by atoms with Gasteiger partial charge in [0.15, 0.2) is 5.78 Å². The van der Waals surface area contributed by atoms with Gasteiger partial charge in [0.1, 0.15) is 6.10 Å². The molecule has 4 nitrogen and oxygen atoms in total. The quantitative estimate of drug-likeness (QED) is 0.198. The fourth-order valence-electron chi connectivity index (χ4n) is 8.81. The van der Waals surface area contributed by atoms with Crippen LogP contribution >= 0.6 is 0 Å². The lowest BCUT2D eigenvalue weighted by molar-refractivity contribution is -0.117. The minimum absolute atomic E-state index is 0.0176. The Morgan fingerprint density at radius 3 is 2.36 bits per heavy atom. The first-order valence-electron chi connectivity index (χ1n) is 15.5. The fourth-order valence-corrected chi connectivity index (χ4v) is 8.81. The molecule has 0 aliphatic heterocycles. The molecule has 4 heteroatoms. The first-order valence-corrected chi connectivity index (χ1v) is 15.5. The average Bonchev–Trinajstić information content (AvgIpc) is 3.17. The van der Waals surface area contributed by atoms with Crippen molar-refractivity contribution >= 4 is 11.9 Å². The molecule has 204 valence electrons. The number of hydrogen-bond acceptors (Lipinski definition) is 4. The fraction of sp³-hybridized carbons (Fsp3) is 0.875. The van der Waals surface area contributed by atoms with Gasteiger partial charge in [-0.2, -0.15) is 0 Å². The van der Waals surface area contributed by atoms with E-state index in [1.165, 1.54) is 63.4 Å². The minimum Gasteiger partial charge on any atom is -0.434 e. The van der Waals surface area contributed by atoms with Crippen LogP contribution in [0.2, 0.25) is 0 Å². The maximum atomic E-state index is 12.6. The van der Waals surface area contributed by atoms with Crippen LogP contribution in [-0.2, 0) is 14.3 Å². The minimum atomic E-state index is -0.452. The molecule has 0 aromatic rings. The van der Waals surface area contributed by atoms with Crippen molar-refractivity contribution in [2.75, 3.05) is 6.61 Å². The summed E-state index contributed by atoms with van der Waals surface area (Å²) in [5.41, 5.74) is 1.49. The van der Waals surface area contributed by atoms with E-state index in [2.05, 4.69) is 20.8 Å². The zero-order valence-corrected chi connectivity index (χ0v) is 23.4. The van der Waals surface area contributed by atoms with Crippen molar-refractivity contribution in [2.24, 2.45) is 35.0 Å². The van der Waals surface area contributed by atoms with Gasteiger partial charge in [-0.1, -0.05) is 84.1 Å². The first-order chi connectivity index (χ1) is 17.4. The third-order valence-corrected chi connectivity index (χ3v) is 10.5. The summed E-state index contributed by atoms with van der Waals surface area (Å²) in [5, 5.41) is 0. The zero-order valence-electron chi connectivity index (χ0n) is 23.4. The molecule has 3 fully saturated rings. The van der Waals surface area contributed by atoms with E-state index in [1.807, 2.05) is 6.08 Å². The van der Waals surface area contributed by atoms with Gasteiger partial charge in [0.2, 0.25) is 0 Å². The van der Waals surface area contributed by atoms with Crippen molar-refractivity contribution in [3.8, 4) is 0 Å². The number of rotatable bonds is 12. The molecule has 4 aliphatic carbocycles. The van der Waals surface area contributed by atoms with Crippen molar-refractivity contribution in [1.82, 2.24) is 0 Å². The van der Waals surface area contributed by atoms with E-state index < -0.39 is 6.16 Å². The van der Waals surface area contributed by atoms with Gasteiger partial charge in [-0.15, -0.1) is 0 Å². The van der Waals surface area contributed by atoms with Crippen LogP contribution in [0.15, 0.2) is 11.6 Å². The lowest BCUT2D eigenvalue weighted by Crippen LogP contribution is -2.51. The van der Waals surface area contributed by atoms with Crippen LogP contribution in [0.4, 0.5) is 4.79 Å². The van der Waals surface area contributed by atoms with Crippen LogP contribution in [0.1, 0.15) is 130 Å².